The minimum absolute atomic E-state index is 0.227. The molecule has 0 saturated heterocycles. The fraction of sp³-hybridized carbons (Fsp3) is 0.120. The number of methoxy groups -OCH3 is 2. The Morgan fingerprint density at radius 2 is 1.69 bits per heavy atom. The number of anilines is 1. The van der Waals surface area contributed by atoms with Crippen LogP contribution in [0.15, 0.2) is 65.1 Å². The molecule has 0 unspecified atom stereocenters. The van der Waals surface area contributed by atoms with E-state index >= 15 is 0 Å². The molecule has 0 spiro atoms. The molecule has 162 valence electrons. The van der Waals surface area contributed by atoms with Crippen molar-refractivity contribution in [2.45, 2.75) is 6.92 Å². The standard InChI is InChI=1S/C25H20ClNO5/c1-14-19-13-18(27-25(29)16-5-4-6-17(26)11-16)8-10-20(19)32-24(14)23(28)15-7-9-21(30-2)22(12-15)31-3/h4-13H,1-3H3,(H,27,29). The summed E-state index contributed by atoms with van der Waals surface area (Å²) < 4.78 is 16.4. The number of carbonyl (C=O) groups is 2. The van der Waals surface area contributed by atoms with Gasteiger partial charge in [0.15, 0.2) is 17.3 Å². The predicted molar refractivity (Wildman–Crippen MR) is 123 cm³/mol. The van der Waals surface area contributed by atoms with Gasteiger partial charge in [-0.05, 0) is 61.5 Å². The molecule has 0 saturated carbocycles. The van der Waals surface area contributed by atoms with Crippen LogP contribution in [0.5, 0.6) is 11.5 Å². The normalized spacial score (nSPS) is 10.8. The molecule has 0 fully saturated rings. The van der Waals surface area contributed by atoms with E-state index in [4.69, 9.17) is 25.5 Å². The number of ketones is 1. The highest BCUT2D eigenvalue weighted by Gasteiger charge is 2.21. The third-order valence-electron chi connectivity index (χ3n) is 5.13. The van der Waals surface area contributed by atoms with E-state index in [0.29, 0.717) is 44.5 Å². The monoisotopic (exact) mass is 449 g/mol. The molecule has 0 bridgehead atoms. The lowest BCUT2D eigenvalue weighted by Gasteiger charge is -2.08. The predicted octanol–water partition coefficient (Wildman–Crippen LogP) is 5.90. The zero-order valence-electron chi connectivity index (χ0n) is 17.7. The maximum atomic E-state index is 13.1. The van der Waals surface area contributed by atoms with Crippen molar-refractivity contribution in [3.63, 3.8) is 0 Å². The molecule has 0 radical (unpaired) electrons. The van der Waals surface area contributed by atoms with Crippen molar-refractivity contribution in [1.29, 1.82) is 0 Å². The second-order valence-electron chi connectivity index (χ2n) is 7.13. The third kappa shape index (κ3) is 4.05. The van der Waals surface area contributed by atoms with Crippen LogP contribution in [0.25, 0.3) is 11.0 Å². The van der Waals surface area contributed by atoms with Crippen LogP contribution >= 0.6 is 11.6 Å². The number of fused-ring (bicyclic) bond motifs is 1. The van der Waals surface area contributed by atoms with Crippen molar-refractivity contribution in [3.8, 4) is 11.5 Å². The lowest BCUT2D eigenvalue weighted by Crippen LogP contribution is -2.11. The van der Waals surface area contributed by atoms with Crippen LogP contribution in [0.1, 0.15) is 32.0 Å². The molecular weight excluding hydrogens is 430 g/mol. The summed E-state index contributed by atoms with van der Waals surface area (Å²) in [5.41, 5.74) is 2.67. The van der Waals surface area contributed by atoms with E-state index in [1.165, 1.54) is 14.2 Å². The van der Waals surface area contributed by atoms with Gasteiger partial charge in [0.1, 0.15) is 5.58 Å². The van der Waals surface area contributed by atoms with Gasteiger partial charge in [-0.25, -0.2) is 0 Å². The molecule has 1 amide bonds. The van der Waals surface area contributed by atoms with E-state index in [-0.39, 0.29) is 17.5 Å². The molecule has 7 heteroatoms. The fourth-order valence-electron chi connectivity index (χ4n) is 3.46. The van der Waals surface area contributed by atoms with Crippen LogP contribution in [0.3, 0.4) is 0 Å². The smallest absolute Gasteiger partial charge is 0.255 e. The maximum Gasteiger partial charge on any atom is 0.255 e. The lowest BCUT2D eigenvalue weighted by atomic mass is 10.0. The molecular formula is C25H20ClNO5. The van der Waals surface area contributed by atoms with Crippen molar-refractivity contribution in [3.05, 3.63) is 88.1 Å². The van der Waals surface area contributed by atoms with Gasteiger partial charge < -0.3 is 19.2 Å². The van der Waals surface area contributed by atoms with Crippen LogP contribution < -0.4 is 14.8 Å². The number of halogens is 1. The molecule has 1 heterocycles. The summed E-state index contributed by atoms with van der Waals surface area (Å²) in [6, 6.07) is 16.9. The van der Waals surface area contributed by atoms with Crippen molar-refractivity contribution >= 4 is 39.9 Å². The number of carbonyl (C=O) groups excluding carboxylic acids is 2. The van der Waals surface area contributed by atoms with E-state index in [1.807, 2.05) is 6.92 Å². The number of hydrogen-bond donors (Lipinski definition) is 1. The number of aryl methyl sites for hydroxylation is 1. The molecule has 0 aliphatic rings. The highest BCUT2D eigenvalue weighted by atomic mass is 35.5. The summed E-state index contributed by atoms with van der Waals surface area (Å²) >= 11 is 5.97. The first-order valence-corrected chi connectivity index (χ1v) is 10.2. The lowest BCUT2D eigenvalue weighted by molar-refractivity contribution is 0.101. The van der Waals surface area contributed by atoms with Gasteiger partial charge in [-0.1, -0.05) is 17.7 Å². The summed E-state index contributed by atoms with van der Waals surface area (Å²) in [6.07, 6.45) is 0. The molecule has 1 N–H and O–H groups in total. The SMILES string of the molecule is COc1ccc(C(=O)c2oc3ccc(NC(=O)c4cccc(Cl)c4)cc3c2C)cc1OC. The maximum absolute atomic E-state index is 13.1. The molecule has 4 rings (SSSR count). The van der Waals surface area contributed by atoms with Crippen molar-refractivity contribution < 1.29 is 23.5 Å². The Morgan fingerprint density at radius 3 is 2.41 bits per heavy atom. The van der Waals surface area contributed by atoms with Gasteiger partial charge in [-0.2, -0.15) is 0 Å². The fourth-order valence-corrected chi connectivity index (χ4v) is 3.65. The highest BCUT2D eigenvalue weighted by Crippen LogP contribution is 2.32. The quantitative estimate of drug-likeness (QED) is 0.371. The molecule has 0 atom stereocenters. The van der Waals surface area contributed by atoms with Crippen LogP contribution in [0.4, 0.5) is 5.69 Å². The number of hydrogen-bond acceptors (Lipinski definition) is 5. The largest absolute Gasteiger partial charge is 0.493 e. The number of furan rings is 1. The molecule has 32 heavy (non-hydrogen) atoms. The Labute approximate surface area is 189 Å². The van der Waals surface area contributed by atoms with Gasteiger partial charge in [-0.15, -0.1) is 0 Å². The number of amides is 1. The zero-order valence-corrected chi connectivity index (χ0v) is 18.4. The average Bonchev–Trinajstić information content (AvgIpc) is 3.14. The Bertz CT molecular complexity index is 1340. The zero-order chi connectivity index (χ0) is 22.8. The summed E-state index contributed by atoms with van der Waals surface area (Å²) in [6.45, 7) is 1.81. The second kappa shape index (κ2) is 8.77. The third-order valence-corrected chi connectivity index (χ3v) is 5.37. The van der Waals surface area contributed by atoms with E-state index in [1.54, 1.807) is 60.7 Å². The van der Waals surface area contributed by atoms with Gasteiger partial charge in [0.25, 0.3) is 5.91 Å². The van der Waals surface area contributed by atoms with Gasteiger partial charge in [0, 0.05) is 32.8 Å². The summed E-state index contributed by atoms with van der Waals surface area (Å²) in [7, 11) is 3.04. The van der Waals surface area contributed by atoms with Crippen molar-refractivity contribution in [2.24, 2.45) is 0 Å². The topological polar surface area (TPSA) is 77.8 Å². The molecule has 0 aliphatic carbocycles. The molecule has 6 nitrogen and oxygen atoms in total. The first-order chi connectivity index (χ1) is 15.4. The summed E-state index contributed by atoms with van der Waals surface area (Å²) in [5, 5.41) is 4.07. The Balaban J connectivity index is 1.64. The first-order valence-electron chi connectivity index (χ1n) is 9.78. The van der Waals surface area contributed by atoms with E-state index in [9.17, 15) is 9.59 Å². The second-order valence-corrected chi connectivity index (χ2v) is 7.57. The molecule has 4 aromatic rings. The number of benzene rings is 3. The van der Waals surface area contributed by atoms with Crippen LogP contribution in [0.2, 0.25) is 5.02 Å². The van der Waals surface area contributed by atoms with Gasteiger partial charge >= 0.3 is 0 Å². The van der Waals surface area contributed by atoms with Gasteiger partial charge in [-0.3, -0.25) is 9.59 Å². The van der Waals surface area contributed by atoms with Crippen LogP contribution in [0, 0.1) is 6.92 Å². The Kier molecular flexibility index (Phi) is 5.88. The van der Waals surface area contributed by atoms with Crippen LogP contribution in [-0.2, 0) is 0 Å². The molecule has 3 aromatic carbocycles. The molecule has 0 aliphatic heterocycles. The number of rotatable bonds is 6. The molecule has 1 aromatic heterocycles. The Morgan fingerprint density at radius 1 is 0.906 bits per heavy atom. The van der Waals surface area contributed by atoms with Crippen LogP contribution in [-0.4, -0.2) is 25.9 Å². The Hall–Kier alpha value is -3.77. The van der Waals surface area contributed by atoms with E-state index in [0.717, 1.165) is 5.39 Å². The number of ether oxygens (including phenoxy) is 2. The summed E-state index contributed by atoms with van der Waals surface area (Å²) in [4.78, 5) is 25.6. The minimum atomic E-state index is -0.283. The van der Waals surface area contributed by atoms with Crippen molar-refractivity contribution in [1.82, 2.24) is 0 Å². The average molecular weight is 450 g/mol. The van der Waals surface area contributed by atoms with Gasteiger partial charge in [0.05, 0.1) is 14.2 Å². The highest BCUT2D eigenvalue weighted by molar-refractivity contribution is 6.31. The summed E-state index contributed by atoms with van der Waals surface area (Å²) in [5.74, 6) is 0.660. The number of nitrogens with one attached hydrogen (secondary N) is 1. The van der Waals surface area contributed by atoms with E-state index in [2.05, 4.69) is 5.32 Å². The van der Waals surface area contributed by atoms with Crippen molar-refractivity contribution in [2.75, 3.05) is 19.5 Å². The van der Waals surface area contributed by atoms with E-state index < -0.39 is 0 Å². The first kappa shape index (κ1) is 21.5. The minimum Gasteiger partial charge on any atom is -0.493 e. The van der Waals surface area contributed by atoms with Gasteiger partial charge in [0.2, 0.25) is 5.78 Å².